The fourth-order valence-electron chi connectivity index (χ4n) is 2.22. The van der Waals surface area contributed by atoms with Crippen LogP contribution in [0.5, 0.6) is 0 Å². The van der Waals surface area contributed by atoms with Crippen molar-refractivity contribution in [2.75, 3.05) is 5.32 Å². The second-order valence-electron chi connectivity index (χ2n) is 5.10. The maximum atomic E-state index is 13.5. The maximum Gasteiger partial charge on any atom is 0.146 e. The van der Waals surface area contributed by atoms with Gasteiger partial charge in [-0.15, -0.1) is 0 Å². The molecular formula is C15H15ClFNO. The van der Waals surface area contributed by atoms with E-state index < -0.39 is 0 Å². The number of furan rings is 1. The van der Waals surface area contributed by atoms with Crippen LogP contribution in [0.15, 0.2) is 34.7 Å². The number of anilines is 1. The number of halogens is 2. The zero-order valence-corrected chi connectivity index (χ0v) is 11.4. The highest BCUT2D eigenvalue weighted by Gasteiger charge is 2.36. The van der Waals surface area contributed by atoms with E-state index in [2.05, 4.69) is 12.2 Å². The lowest BCUT2D eigenvalue weighted by Crippen LogP contribution is -2.00. The van der Waals surface area contributed by atoms with Crippen molar-refractivity contribution in [2.45, 2.75) is 25.8 Å². The van der Waals surface area contributed by atoms with Gasteiger partial charge in [0.15, 0.2) is 0 Å². The molecule has 1 N–H and O–H groups in total. The van der Waals surface area contributed by atoms with Gasteiger partial charge in [0.25, 0.3) is 0 Å². The van der Waals surface area contributed by atoms with Gasteiger partial charge >= 0.3 is 0 Å². The average molecular weight is 280 g/mol. The predicted molar refractivity (Wildman–Crippen MR) is 74.0 cm³/mol. The van der Waals surface area contributed by atoms with Crippen molar-refractivity contribution in [3.63, 3.8) is 0 Å². The lowest BCUT2D eigenvalue weighted by Gasteiger charge is -2.06. The summed E-state index contributed by atoms with van der Waals surface area (Å²) in [6.45, 7) is 2.67. The molecule has 100 valence electrons. The van der Waals surface area contributed by atoms with Gasteiger partial charge in [-0.3, -0.25) is 0 Å². The van der Waals surface area contributed by atoms with Crippen molar-refractivity contribution in [3.8, 4) is 0 Å². The lowest BCUT2D eigenvalue weighted by molar-refractivity contribution is 0.467. The third kappa shape index (κ3) is 2.76. The van der Waals surface area contributed by atoms with Crippen molar-refractivity contribution in [3.05, 3.63) is 52.7 Å². The molecule has 1 heterocycles. The van der Waals surface area contributed by atoms with Crippen LogP contribution in [0.25, 0.3) is 0 Å². The van der Waals surface area contributed by atoms with Gasteiger partial charge in [-0.2, -0.15) is 0 Å². The van der Waals surface area contributed by atoms with Gasteiger partial charge in [0.1, 0.15) is 17.3 Å². The Morgan fingerprint density at radius 2 is 2.16 bits per heavy atom. The lowest BCUT2D eigenvalue weighted by atomic mass is 10.3. The molecule has 1 aromatic carbocycles. The van der Waals surface area contributed by atoms with E-state index >= 15 is 0 Å². The van der Waals surface area contributed by atoms with Gasteiger partial charge in [-0.05, 0) is 42.7 Å². The smallest absolute Gasteiger partial charge is 0.146 e. The van der Waals surface area contributed by atoms with Gasteiger partial charge in [0, 0.05) is 10.9 Å². The Labute approximate surface area is 116 Å². The summed E-state index contributed by atoms with van der Waals surface area (Å²) in [4.78, 5) is 0. The molecule has 1 fully saturated rings. The van der Waals surface area contributed by atoms with E-state index in [-0.39, 0.29) is 5.82 Å². The number of rotatable bonds is 4. The van der Waals surface area contributed by atoms with Crippen molar-refractivity contribution in [1.29, 1.82) is 0 Å². The summed E-state index contributed by atoms with van der Waals surface area (Å²) >= 11 is 5.84. The normalized spacial score (nSPS) is 21.4. The quantitative estimate of drug-likeness (QED) is 0.869. The zero-order valence-electron chi connectivity index (χ0n) is 10.6. The number of hydrogen-bond acceptors (Lipinski definition) is 2. The molecule has 3 rings (SSSR count). The van der Waals surface area contributed by atoms with Crippen LogP contribution in [0.4, 0.5) is 10.1 Å². The molecule has 2 unspecified atom stereocenters. The highest BCUT2D eigenvalue weighted by molar-refractivity contribution is 6.30. The molecule has 4 heteroatoms. The largest absolute Gasteiger partial charge is 0.464 e. The summed E-state index contributed by atoms with van der Waals surface area (Å²) in [6, 6.07) is 8.41. The Morgan fingerprint density at radius 1 is 1.37 bits per heavy atom. The molecule has 0 spiro atoms. The van der Waals surface area contributed by atoms with Crippen LogP contribution >= 0.6 is 11.6 Å². The molecule has 0 radical (unpaired) electrons. The van der Waals surface area contributed by atoms with Crippen molar-refractivity contribution >= 4 is 17.3 Å². The molecule has 1 saturated carbocycles. The second kappa shape index (κ2) is 4.89. The highest BCUT2D eigenvalue weighted by atomic mass is 35.5. The third-order valence-corrected chi connectivity index (χ3v) is 3.77. The molecule has 2 nitrogen and oxygen atoms in total. The van der Waals surface area contributed by atoms with Crippen molar-refractivity contribution < 1.29 is 8.81 Å². The second-order valence-corrected chi connectivity index (χ2v) is 5.54. The van der Waals surface area contributed by atoms with Crippen molar-refractivity contribution in [1.82, 2.24) is 0 Å². The summed E-state index contributed by atoms with van der Waals surface area (Å²) in [5.41, 5.74) is 0.394. The molecule has 0 aliphatic heterocycles. The standard InChI is InChI=1S/C15H15ClFNO/c1-9-6-12(9)15-5-3-11(19-15)8-18-14-7-10(16)2-4-13(14)17/h2-5,7,9,12,18H,6,8H2,1H3. The van der Waals surface area contributed by atoms with E-state index in [1.54, 1.807) is 6.07 Å². The SMILES string of the molecule is CC1CC1c1ccc(CNc2cc(Cl)ccc2F)o1. The van der Waals surface area contributed by atoms with E-state index in [4.69, 9.17) is 16.0 Å². The number of benzene rings is 1. The van der Waals surface area contributed by atoms with Crippen LogP contribution in [0.3, 0.4) is 0 Å². The number of hydrogen-bond donors (Lipinski definition) is 1. The van der Waals surface area contributed by atoms with E-state index in [1.807, 2.05) is 12.1 Å². The Hall–Kier alpha value is -1.48. The van der Waals surface area contributed by atoms with Gasteiger partial charge in [-0.25, -0.2) is 4.39 Å². The fourth-order valence-corrected chi connectivity index (χ4v) is 2.39. The topological polar surface area (TPSA) is 25.2 Å². The summed E-state index contributed by atoms with van der Waals surface area (Å²) in [5.74, 6) is 2.82. The minimum absolute atomic E-state index is 0.313. The van der Waals surface area contributed by atoms with Gasteiger partial charge < -0.3 is 9.73 Å². The molecule has 1 aliphatic rings. The first-order valence-electron chi connectivity index (χ1n) is 6.41. The summed E-state index contributed by atoms with van der Waals surface area (Å²) in [6.07, 6.45) is 1.20. The predicted octanol–water partition coefficient (Wildman–Crippen LogP) is 4.81. The summed E-state index contributed by atoms with van der Waals surface area (Å²) in [5, 5.41) is 3.51. The Balaban J connectivity index is 1.65. The van der Waals surface area contributed by atoms with Crippen LogP contribution < -0.4 is 5.32 Å². The van der Waals surface area contributed by atoms with Gasteiger partial charge in [0.2, 0.25) is 0 Å². The first kappa shape index (κ1) is 12.5. The van der Waals surface area contributed by atoms with Crippen LogP contribution in [-0.4, -0.2) is 0 Å². The summed E-state index contributed by atoms with van der Waals surface area (Å²) < 4.78 is 19.3. The molecule has 2 atom stereocenters. The first-order chi connectivity index (χ1) is 9.13. The average Bonchev–Trinajstić information content (AvgIpc) is 2.93. The zero-order chi connectivity index (χ0) is 13.4. The van der Waals surface area contributed by atoms with Gasteiger partial charge in [-0.1, -0.05) is 18.5 Å². The third-order valence-electron chi connectivity index (χ3n) is 3.54. The Bertz CT molecular complexity index is 596. The monoisotopic (exact) mass is 279 g/mol. The van der Waals surface area contributed by atoms with Crippen LogP contribution in [-0.2, 0) is 6.54 Å². The minimum atomic E-state index is -0.313. The molecule has 2 aromatic rings. The molecule has 19 heavy (non-hydrogen) atoms. The fraction of sp³-hybridized carbons (Fsp3) is 0.333. The highest BCUT2D eigenvalue weighted by Crippen LogP contribution is 2.47. The summed E-state index contributed by atoms with van der Waals surface area (Å²) in [7, 11) is 0. The molecule has 0 bridgehead atoms. The van der Waals surface area contributed by atoms with Crippen LogP contribution in [0.2, 0.25) is 5.02 Å². The first-order valence-corrected chi connectivity index (χ1v) is 6.79. The number of nitrogens with one attached hydrogen (secondary N) is 1. The minimum Gasteiger partial charge on any atom is -0.464 e. The Morgan fingerprint density at radius 3 is 2.89 bits per heavy atom. The molecular weight excluding hydrogens is 265 g/mol. The van der Waals surface area contributed by atoms with E-state index in [1.165, 1.54) is 18.6 Å². The van der Waals surface area contributed by atoms with Crippen LogP contribution in [0.1, 0.15) is 30.8 Å². The van der Waals surface area contributed by atoms with Gasteiger partial charge in [0.05, 0.1) is 12.2 Å². The molecule has 1 aromatic heterocycles. The molecule has 0 amide bonds. The van der Waals surface area contributed by atoms with Crippen LogP contribution in [0, 0.1) is 11.7 Å². The molecule has 0 saturated heterocycles. The molecule has 1 aliphatic carbocycles. The van der Waals surface area contributed by atoms with E-state index in [0.717, 1.165) is 17.4 Å². The maximum absolute atomic E-state index is 13.5. The van der Waals surface area contributed by atoms with E-state index in [0.29, 0.717) is 23.2 Å². The Kier molecular flexibility index (Phi) is 3.23. The van der Waals surface area contributed by atoms with Crippen molar-refractivity contribution in [2.24, 2.45) is 5.92 Å². The van der Waals surface area contributed by atoms with E-state index in [9.17, 15) is 4.39 Å².